The molecule has 3 rings (SSSR count). The lowest BCUT2D eigenvalue weighted by atomic mass is 10.1. The van der Waals surface area contributed by atoms with Gasteiger partial charge >= 0.3 is 0 Å². The number of azo groups is 1. The number of anilines is 1. The maximum absolute atomic E-state index is 13.1. The Labute approximate surface area is 195 Å². The Balaban J connectivity index is 2.15. The number of aliphatic hydroxyl groups is 2. The smallest absolute Gasteiger partial charge is 0.294 e. The summed E-state index contributed by atoms with van der Waals surface area (Å²) in [7, 11) is -8.75. The molecule has 14 heteroatoms. The molecule has 3 aromatic carbocycles. The molecule has 6 N–H and O–H groups in total. The summed E-state index contributed by atoms with van der Waals surface area (Å²) in [6.45, 7) is -1.40. The van der Waals surface area contributed by atoms with Crippen LogP contribution < -0.4 is 5.73 Å². The van der Waals surface area contributed by atoms with Gasteiger partial charge in [0.1, 0.15) is 22.0 Å². The number of nitrogens with zero attached hydrogens (tertiary/aromatic N) is 3. The summed E-state index contributed by atoms with van der Waals surface area (Å²) >= 11 is 0. The summed E-state index contributed by atoms with van der Waals surface area (Å²) in [6, 6.07) is 10.4. The molecule has 182 valence electrons. The van der Waals surface area contributed by atoms with E-state index in [9.17, 15) is 36.7 Å². The van der Waals surface area contributed by atoms with Crippen LogP contribution in [0.1, 0.15) is 0 Å². The van der Waals surface area contributed by atoms with E-state index < -0.39 is 44.0 Å². The number of fused-ring (bicyclic) bond motifs is 1. The molecule has 0 aliphatic carbocycles. The van der Waals surface area contributed by atoms with Gasteiger partial charge in [0, 0.05) is 19.2 Å². The first-order valence-electron chi connectivity index (χ1n) is 9.76. The minimum absolute atomic E-state index is 0.0404. The van der Waals surface area contributed by atoms with Crippen molar-refractivity contribution >= 4 is 48.0 Å². The molecular formula is C20H22N4O8S2. The Bertz CT molecular complexity index is 1450. The van der Waals surface area contributed by atoms with Crippen molar-refractivity contribution < 1.29 is 36.7 Å². The van der Waals surface area contributed by atoms with Gasteiger partial charge in [-0.15, -0.1) is 10.2 Å². The minimum atomic E-state index is -4.59. The predicted octanol–water partition coefficient (Wildman–Crippen LogP) is 1.76. The average Bonchev–Trinajstić information content (AvgIpc) is 2.78. The van der Waals surface area contributed by atoms with Crippen LogP contribution in [0.2, 0.25) is 0 Å². The quantitative estimate of drug-likeness (QED) is 0.161. The zero-order valence-corrected chi connectivity index (χ0v) is 19.2. The van der Waals surface area contributed by atoms with Crippen molar-refractivity contribution in [1.82, 2.24) is 4.31 Å². The molecule has 0 heterocycles. The third-order valence-electron chi connectivity index (χ3n) is 4.81. The van der Waals surface area contributed by atoms with Crippen LogP contribution in [0.4, 0.5) is 17.1 Å². The number of aliphatic hydroxyl groups excluding tert-OH is 2. The number of nitrogen functional groups attached to an aromatic ring is 1. The fourth-order valence-corrected chi connectivity index (χ4v) is 5.33. The standard InChI is InChI=1S/C20H22N4O8S2/c21-15-6-5-13-11-14(34(30,31)32)12-17(27)19(13)20(15)23-22-16-3-1-2-4-18(16)33(28,29)24(7-9-25)8-10-26/h1-6,11-12,25-27H,7-10,21H2,(H,30,31,32). The Morgan fingerprint density at radius 3 is 2.18 bits per heavy atom. The average molecular weight is 511 g/mol. The molecule has 0 aliphatic heterocycles. The van der Waals surface area contributed by atoms with Gasteiger partial charge in [-0.3, -0.25) is 4.55 Å². The second kappa shape index (κ2) is 10.0. The van der Waals surface area contributed by atoms with Gasteiger partial charge in [-0.05, 0) is 29.7 Å². The molecule has 0 aliphatic rings. The predicted molar refractivity (Wildman–Crippen MR) is 123 cm³/mol. The highest BCUT2D eigenvalue weighted by atomic mass is 32.2. The molecule has 34 heavy (non-hydrogen) atoms. The highest BCUT2D eigenvalue weighted by Gasteiger charge is 2.26. The van der Waals surface area contributed by atoms with Gasteiger partial charge < -0.3 is 21.1 Å². The lowest BCUT2D eigenvalue weighted by molar-refractivity contribution is 0.217. The summed E-state index contributed by atoms with van der Waals surface area (Å²) in [5.41, 5.74) is 5.92. The van der Waals surface area contributed by atoms with E-state index in [0.29, 0.717) is 0 Å². The number of aromatic hydroxyl groups is 1. The molecule has 0 saturated heterocycles. The first-order valence-corrected chi connectivity index (χ1v) is 12.6. The monoisotopic (exact) mass is 510 g/mol. The Morgan fingerprint density at radius 1 is 0.912 bits per heavy atom. The number of phenolic OH excluding ortho intramolecular Hbond substituents is 1. The van der Waals surface area contributed by atoms with Crippen LogP contribution in [-0.2, 0) is 20.1 Å². The third kappa shape index (κ3) is 5.16. The molecule has 0 saturated carbocycles. The van der Waals surface area contributed by atoms with Crippen molar-refractivity contribution in [2.75, 3.05) is 32.0 Å². The molecule has 0 aromatic heterocycles. The molecule has 0 unspecified atom stereocenters. The number of rotatable bonds is 9. The lowest BCUT2D eigenvalue weighted by Crippen LogP contribution is -2.35. The molecule has 3 aromatic rings. The van der Waals surface area contributed by atoms with Crippen molar-refractivity contribution in [2.24, 2.45) is 10.2 Å². The fraction of sp³-hybridized carbons (Fsp3) is 0.200. The molecule has 0 amide bonds. The number of benzene rings is 3. The second-order valence-corrected chi connectivity index (χ2v) is 10.4. The van der Waals surface area contributed by atoms with E-state index in [1.807, 2.05) is 0 Å². The molecular weight excluding hydrogens is 488 g/mol. The zero-order valence-electron chi connectivity index (χ0n) is 17.6. The molecule has 0 radical (unpaired) electrons. The van der Waals surface area contributed by atoms with Gasteiger partial charge in [0.05, 0.1) is 29.2 Å². The largest absolute Gasteiger partial charge is 0.507 e. The van der Waals surface area contributed by atoms with Gasteiger partial charge in [0.2, 0.25) is 10.0 Å². The van der Waals surface area contributed by atoms with Crippen LogP contribution in [0.5, 0.6) is 5.75 Å². The number of sulfonamides is 1. The Morgan fingerprint density at radius 2 is 1.56 bits per heavy atom. The fourth-order valence-electron chi connectivity index (χ4n) is 3.25. The normalized spacial score (nSPS) is 12.7. The third-order valence-corrected chi connectivity index (χ3v) is 7.59. The Kier molecular flexibility index (Phi) is 7.50. The van der Waals surface area contributed by atoms with Crippen molar-refractivity contribution in [1.29, 1.82) is 0 Å². The number of phenols is 1. The van der Waals surface area contributed by atoms with E-state index in [-0.39, 0.29) is 45.8 Å². The van der Waals surface area contributed by atoms with E-state index in [2.05, 4.69) is 10.2 Å². The van der Waals surface area contributed by atoms with E-state index in [4.69, 9.17) is 5.73 Å². The van der Waals surface area contributed by atoms with Crippen LogP contribution in [0.25, 0.3) is 10.8 Å². The van der Waals surface area contributed by atoms with Crippen LogP contribution in [-0.4, -0.2) is 67.3 Å². The van der Waals surface area contributed by atoms with Crippen LogP contribution >= 0.6 is 0 Å². The van der Waals surface area contributed by atoms with E-state index in [1.165, 1.54) is 36.4 Å². The van der Waals surface area contributed by atoms with E-state index in [0.717, 1.165) is 16.4 Å². The maximum Gasteiger partial charge on any atom is 0.294 e. The molecule has 0 fully saturated rings. The highest BCUT2D eigenvalue weighted by molar-refractivity contribution is 7.89. The van der Waals surface area contributed by atoms with Gasteiger partial charge in [-0.1, -0.05) is 18.2 Å². The topological polar surface area (TPSA) is 203 Å². The van der Waals surface area contributed by atoms with Crippen LogP contribution in [0, 0.1) is 0 Å². The summed E-state index contributed by atoms with van der Waals surface area (Å²) in [5, 5.41) is 37.1. The van der Waals surface area contributed by atoms with Crippen molar-refractivity contribution in [3.8, 4) is 5.75 Å². The van der Waals surface area contributed by atoms with Crippen molar-refractivity contribution in [3.05, 3.63) is 48.5 Å². The second-order valence-electron chi connectivity index (χ2n) is 7.04. The maximum atomic E-state index is 13.1. The number of hydrogen-bond donors (Lipinski definition) is 5. The highest BCUT2D eigenvalue weighted by Crippen LogP contribution is 2.40. The number of nitrogens with two attached hydrogens (primary N) is 1. The van der Waals surface area contributed by atoms with Gasteiger partial charge in [0.25, 0.3) is 10.1 Å². The van der Waals surface area contributed by atoms with E-state index in [1.54, 1.807) is 0 Å². The van der Waals surface area contributed by atoms with Crippen LogP contribution in [0.3, 0.4) is 0 Å². The van der Waals surface area contributed by atoms with Crippen molar-refractivity contribution in [2.45, 2.75) is 9.79 Å². The minimum Gasteiger partial charge on any atom is -0.507 e. The summed E-state index contributed by atoms with van der Waals surface area (Å²) in [4.78, 5) is -0.771. The van der Waals surface area contributed by atoms with Gasteiger partial charge in [-0.25, -0.2) is 8.42 Å². The van der Waals surface area contributed by atoms with E-state index >= 15 is 0 Å². The SMILES string of the molecule is Nc1ccc2cc(S(=O)(=O)O)cc(O)c2c1N=Nc1ccccc1S(=O)(=O)N(CCO)CCO. The van der Waals surface area contributed by atoms with Gasteiger partial charge in [0.15, 0.2) is 0 Å². The van der Waals surface area contributed by atoms with Crippen LogP contribution in [0.15, 0.2) is 68.6 Å². The molecule has 0 atom stereocenters. The zero-order chi connectivity index (χ0) is 25.1. The molecule has 0 spiro atoms. The summed E-state index contributed by atoms with van der Waals surface area (Å²) in [6.07, 6.45) is 0. The van der Waals surface area contributed by atoms with Crippen molar-refractivity contribution in [3.63, 3.8) is 0 Å². The molecule has 0 bridgehead atoms. The summed E-state index contributed by atoms with van der Waals surface area (Å²) < 4.78 is 59.2. The lowest BCUT2D eigenvalue weighted by Gasteiger charge is -2.20. The summed E-state index contributed by atoms with van der Waals surface area (Å²) in [5.74, 6) is -0.538. The van der Waals surface area contributed by atoms with Gasteiger partial charge in [-0.2, -0.15) is 12.7 Å². The Hall–Kier alpha value is -3.14. The number of hydrogen-bond acceptors (Lipinski definition) is 10. The first kappa shape index (κ1) is 25.5. The first-order chi connectivity index (χ1) is 16.0. The molecule has 12 nitrogen and oxygen atoms in total.